The number of hydrogen-bond acceptors (Lipinski definition) is 3. The number of methoxy groups -OCH3 is 1. The fraction of sp³-hybridized carbons (Fsp3) is 0.417. The fourth-order valence-electron chi connectivity index (χ4n) is 1.43. The predicted molar refractivity (Wildman–Crippen MR) is 64.4 cm³/mol. The lowest BCUT2D eigenvalue weighted by Gasteiger charge is -2.20. The molecule has 88 valence electrons. The van der Waals surface area contributed by atoms with Crippen molar-refractivity contribution in [2.75, 3.05) is 12.4 Å². The van der Waals surface area contributed by atoms with Crippen molar-refractivity contribution in [1.29, 1.82) is 0 Å². The first-order valence-electron chi connectivity index (χ1n) is 5.24. The first-order valence-corrected chi connectivity index (χ1v) is 5.24. The topological polar surface area (TPSA) is 64.3 Å². The lowest BCUT2D eigenvalue weighted by molar-refractivity contribution is -0.119. The number of nitrogens with two attached hydrogens (primary N) is 1. The summed E-state index contributed by atoms with van der Waals surface area (Å²) in [5.74, 6) is 0.594. The molecule has 1 atom stereocenters. The van der Waals surface area contributed by atoms with Crippen LogP contribution in [0, 0.1) is 5.92 Å². The van der Waals surface area contributed by atoms with Crippen LogP contribution in [0.3, 0.4) is 0 Å². The summed E-state index contributed by atoms with van der Waals surface area (Å²) in [7, 11) is 1.61. The van der Waals surface area contributed by atoms with Crippen molar-refractivity contribution in [3.8, 4) is 5.75 Å². The molecule has 4 nitrogen and oxygen atoms in total. The molecule has 16 heavy (non-hydrogen) atoms. The second kappa shape index (κ2) is 5.39. The van der Waals surface area contributed by atoms with Crippen LogP contribution in [0.4, 0.5) is 5.69 Å². The van der Waals surface area contributed by atoms with Crippen molar-refractivity contribution in [1.82, 2.24) is 0 Å². The Labute approximate surface area is 95.8 Å². The maximum Gasteiger partial charge on any atom is 0.240 e. The van der Waals surface area contributed by atoms with Gasteiger partial charge in [0.15, 0.2) is 0 Å². The summed E-state index contributed by atoms with van der Waals surface area (Å²) in [4.78, 5) is 11.2. The number of ether oxygens (including phenoxy) is 1. The number of rotatable bonds is 5. The maximum absolute atomic E-state index is 11.2. The summed E-state index contributed by atoms with van der Waals surface area (Å²) in [5.41, 5.74) is 6.17. The van der Waals surface area contributed by atoms with Crippen LogP contribution in [0.1, 0.15) is 13.8 Å². The third-order valence-electron chi connectivity index (χ3n) is 2.39. The third-order valence-corrected chi connectivity index (χ3v) is 2.39. The average molecular weight is 222 g/mol. The minimum atomic E-state index is -0.353. The molecule has 1 aromatic rings. The highest BCUT2D eigenvalue weighted by Gasteiger charge is 2.18. The van der Waals surface area contributed by atoms with Crippen molar-refractivity contribution in [2.24, 2.45) is 11.7 Å². The molecule has 0 saturated carbocycles. The highest BCUT2D eigenvalue weighted by molar-refractivity contribution is 5.83. The number of carbonyl (C=O) groups is 1. The van der Waals surface area contributed by atoms with Gasteiger partial charge in [-0.1, -0.05) is 13.8 Å². The van der Waals surface area contributed by atoms with Gasteiger partial charge in [0.1, 0.15) is 11.8 Å². The summed E-state index contributed by atoms with van der Waals surface area (Å²) in [5, 5.41) is 3.10. The number of benzene rings is 1. The molecule has 3 N–H and O–H groups in total. The van der Waals surface area contributed by atoms with E-state index in [2.05, 4.69) is 5.32 Å². The second-order valence-corrected chi connectivity index (χ2v) is 4.00. The molecule has 0 radical (unpaired) electrons. The van der Waals surface area contributed by atoms with Gasteiger partial charge in [-0.3, -0.25) is 4.79 Å². The van der Waals surface area contributed by atoms with Gasteiger partial charge in [0, 0.05) is 5.69 Å². The van der Waals surface area contributed by atoms with Gasteiger partial charge in [-0.25, -0.2) is 0 Å². The van der Waals surface area contributed by atoms with E-state index in [1.807, 2.05) is 38.1 Å². The normalized spacial score (nSPS) is 12.2. The summed E-state index contributed by atoms with van der Waals surface area (Å²) >= 11 is 0. The fourth-order valence-corrected chi connectivity index (χ4v) is 1.43. The Balaban J connectivity index is 2.74. The maximum atomic E-state index is 11.2. The standard InChI is InChI=1S/C12H18N2O2/c1-8(2)11(12(13)15)14-9-4-6-10(16-3)7-5-9/h4-8,11,14H,1-3H3,(H2,13,15). The van der Waals surface area contributed by atoms with Crippen LogP contribution in [0.2, 0.25) is 0 Å². The molecule has 0 aromatic heterocycles. The highest BCUT2D eigenvalue weighted by atomic mass is 16.5. The van der Waals surface area contributed by atoms with Crippen LogP contribution in [-0.2, 0) is 4.79 Å². The van der Waals surface area contributed by atoms with E-state index < -0.39 is 0 Å². The van der Waals surface area contributed by atoms with Gasteiger partial charge in [-0.2, -0.15) is 0 Å². The molecule has 0 heterocycles. The number of carbonyl (C=O) groups excluding carboxylic acids is 1. The average Bonchev–Trinajstić information content (AvgIpc) is 2.25. The van der Waals surface area contributed by atoms with Crippen LogP contribution >= 0.6 is 0 Å². The number of anilines is 1. The minimum Gasteiger partial charge on any atom is -0.497 e. The molecular weight excluding hydrogens is 204 g/mol. The molecule has 1 amide bonds. The Morgan fingerprint density at radius 2 is 1.88 bits per heavy atom. The minimum absolute atomic E-state index is 0.152. The van der Waals surface area contributed by atoms with Crippen LogP contribution in [0.15, 0.2) is 24.3 Å². The first-order chi connectivity index (χ1) is 7.54. The Morgan fingerprint density at radius 3 is 2.25 bits per heavy atom. The van der Waals surface area contributed by atoms with Crippen molar-refractivity contribution in [3.05, 3.63) is 24.3 Å². The Morgan fingerprint density at radius 1 is 1.31 bits per heavy atom. The summed E-state index contributed by atoms with van der Waals surface area (Å²) in [6, 6.07) is 7.03. The zero-order valence-electron chi connectivity index (χ0n) is 9.86. The van der Waals surface area contributed by atoms with Gasteiger partial charge in [0.2, 0.25) is 5.91 Å². The Hall–Kier alpha value is -1.71. The molecule has 0 aliphatic carbocycles. The SMILES string of the molecule is COc1ccc(NC(C(N)=O)C(C)C)cc1. The van der Waals surface area contributed by atoms with Gasteiger partial charge < -0.3 is 15.8 Å². The Kier molecular flexibility index (Phi) is 4.17. The van der Waals surface area contributed by atoms with Gasteiger partial charge in [-0.05, 0) is 30.2 Å². The quantitative estimate of drug-likeness (QED) is 0.795. The van der Waals surface area contributed by atoms with E-state index in [4.69, 9.17) is 10.5 Å². The molecule has 1 aromatic carbocycles. The van der Waals surface area contributed by atoms with E-state index in [0.717, 1.165) is 11.4 Å². The second-order valence-electron chi connectivity index (χ2n) is 4.00. The van der Waals surface area contributed by atoms with Crippen LogP contribution in [0.5, 0.6) is 5.75 Å². The van der Waals surface area contributed by atoms with E-state index in [1.165, 1.54) is 0 Å². The van der Waals surface area contributed by atoms with E-state index in [9.17, 15) is 4.79 Å². The van der Waals surface area contributed by atoms with Crippen molar-refractivity contribution in [2.45, 2.75) is 19.9 Å². The van der Waals surface area contributed by atoms with Crippen molar-refractivity contribution in [3.63, 3.8) is 0 Å². The summed E-state index contributed by atoms with van der Waals surface area (Å²) in [6.07, 6.45) is 0. The van der Waals surface area contributed by atoms with Crippen LogP contribution in [0.25, 0.3) is 0 Å². The summed E-state index contributed by atoms with van der Waals surface area (Å²) < 4.78 is 5.05. The zero-order chi connectivity index (χ0) is 12.1. The lowest BCUT2D eigenvalue weighted by atomic mass is 10.0. The molecule has 0 saturated heterocycles. The van der Waals surface area contributed by atoms with Gasteiger partial charge >= 0.3 is 0 Å². The number of hydrogen-bond donors (Lipinski definition) is 2. The number of amides is 1. The molecule has 0 bridgehead atoms. The smallest absolute Gasteiger partial charge is 0.240 e. The molecular formula is C12H18N2O2. The Bertz CT molecular complexity index is 347. The molecule has 0 spiro atoms. The number of primary amides is 1. The highest BCUT2D eigenvalue weighted by Crippen LogP contribution is 2.17. The van der Waals surface area contributed by atoms with E-state index in [0.29, 0.717) is 0 Å². The first kappa shape index (κ1) is 12.4. The van der Waals surface area contributed by atoms with Gasteiger partial charge in [0.25, 0.3) is 0 Å². The zero-order valence-corrected chi connectivity index (χ0v) is 9.86. The molecule has 1 rings (SSSR count). The van der Waals surface area contributed by atoms with Gasteiger partial charge in [-0.15, -0.1) is 0 Å². The lowest BCUT2D eigenvalue weighted by Crippen LogP contribution is -2.39. The van der Waals surface area contributed by atoms with Gasteiger partial charge in [0.05, 0.1) is 7.11 Å². The van der Waals surface area contributed by atoms with Crippen LogP contribution in [-0.4, -0.2) is 19.1 Å². The van der Waals surface area contributed by atoms with Crippen molar-refractivity contribution >= 4 is 11.6 Å². The monoisotopic (exact) mass is 222 g/mol. The van der Waals surface area contributed by atoms with E-state index in [1.54, 1.807) is 7.11 Å². The molecule has 4 heteroatoms. The van der Waals surface area contributed by atoms with E-state index >= 15 is 0 Å². The van der Waals surface area contributed by atoms with E-state index in [-0.39, 0.29) is 17.9 Å². The molecule has 1 unspecified atom stereocenters. The molecule has 0 aliphatic rings. The number of nitrogens with one attached hydrogen (secondary N) is 1. The molecule has 0 aliphatic heterocycles. The largest absolute Gasteiger partial charge is 0.497 e. The van der Waals surface area contributed by atoms with Crippen molar-refractivity contribution < 1.29 is 9.53 Å². The molecule has 0 fully saturated rings. The third kappa shape index (κ3) is 3.15. The van der Waals surface area contributed by atoms with Crippen LogP contribution < -0.4 is 15.8 Å². The summed E-state index contributed by atoms with van der Waals surface area (Å²) in [6.45, 7) is 3.90. The predicted octanol–water partition coefficient (Wildman–Crippen LogP) is 1.62.